The van der Waals surface area contributed by atoms with Gasteiger partial charge in [-0.15, -0.1) is 0 Å². The number of carboxylic acids is 1. The van der Waals surface area contributed by atoms with Crippen LogP contribution in [0.3, 0.4) is 0 Å². The highest BCUT2D eigenvalue weighted by Crippen LogP contribution is 2.27. The van der Waals surface area contributed by atoms with E-state index >= 15 is 0 Å². The van der Waals surface area contributed by atoms with Crippen molar-refractivity contribution in [2.45, 2.75) is 31.9 Å². The Bertz CT molecular complexity index is 739. The van der Waals surface area contributed by atoms with Gasteiger partial charge in [-0.05, 0) is 50.1 Å². The van der Waals surface area contributed by atoms with Gasteiger partial charge in [0.05, 0.1) is 6.10 Å². The number of likely N-dealkylation sites (tertiary alicyclic amines) is 1. The summed E-state index contributed by atoms with van der Waals surface area (Å²) in [5.41, 5.74) is 1.76. The van der Waals surface area contributed by atoms with E-state index in [4.69, 9.17) is 9.84 Å². The summed E-state index contributed by atoms with van der Waals surface area (Å²) < 4.78 is 5.47. The third-order valence-electron chi connectivity index (χ3n) is 4.42. The molecule has 2 aromatic rings. The van der Waals surface area contributed by atoms with Crippen molar-refractivity contribution in [1.29, 1.82) is 0 Å². The molecule has 1 saturated heterocycles. The third kappa shape index (κ3) is 5.00. The van der Waals surface area contributed by atoms with Crippen molar-refractivity contribution in [3.05, 3.63) is 42.2 Å². The second kappa shape index (κ2) is 8.73. The number of hydrogen-bond acceptors (Lipinski definition) is 6. The van der Waals surface area contributed by atoms with E-state index in [1.165, 1.54) is 0 Å². The molecule has 0 unspecified atom stereocenters. The molecule has 0 aliphatic carbocycles. The molecule has 0 amide bonds. The van der Waals surface area contributed by atoms with Gasteiger partial charge in [-0.3, -0.25) is 4.90 Å². The fourth-order valence-electron chi connectivity index (χ4n) is 3.11. The number of rotatable bonds is 6. The quantitative estimate of drug-likeness (QED) is 0.816. The number of carboxylic acid groups (broad SMARTS) is 1. The van der Waals surface area contributed by atoms with Crippen LogP contribution >= 0.6 is 0 Å². The maximum Gasteiger partial charge on any atom is 0.341 e. The Labute approximate surface area is 152 Å². The number of aliphatic carboxylic acids is 1. The van der Waals surface area contributed by atoms with Gasteiger partial charge in [0.2, 0.25) is 0 Å². The number of ether oxygens (including phenoxy) is 1. The number of nitrogens with zero attached hydrogens (tertiary/aromatic N) is 3. The van der Waals surface area contributed by atoms with Crippen LogP contribution in [0.4, 0.5) is 0 Å². The maximum absolute atomic E-state index is 10.9. The Morgan fingerprint density at radius 2 is 2.04 bits per heavy atom. The van der Waals surface area contributed by atoms with Crippen LogP contribution < -0.4 is 4.74 Å². The normalized spacial score (nSPS) is 18.3. The van der Waals surface area contributed by atoms with Crippen LogP contribution in [0.15, 0.2) is 36.7 Å². The number of carbonyl (C=O) groups is 1. The maximum atomic E-state index is 10.9. The molecule has 1 aliphatic heterocycles. The summed E-state index contributed by atoms with van der Waals surface area (Å²) in [5.74, 6) is 0.158. The van der Waals surface area contributed by atoms with Gasteiger partial charge in [-0.25, -0.2) is 14.8 Å². The molecular formula is C19H23N3O4. The van der Waals surface area contributed by atoms with Gasteiger partial charge in [0.1, 0.15) is 5.75 Å². The van der Waals surface area contributed by atoms with E-state index in [0.717, 1.165) is 43.5 Å². The molecule has 1 aliphatic rings. The van der Waals surface area contributed by atoms with Gasteiger partial charge in [-0.2, -0.15) is 0 Å². The average molecular weight is 357 g/mol. The highest BCUT2D eigenvalue weighted by Gasteiger charge is 2.17. The fraction of sp³-hybridized carbons (Fsp3) is 0.421. The lowest BCUT2D eigenvalue weighted by Crippen LogP contribution is -2.25. The van der Waals surface area contributed by atoms with Crippen LogP contribution in [-0.4, -0.2) is 56.9 Å². The largest absolute Gasteiger partial charge is 0.482 e. The lowest BCUT2D eigenvalue weighted by molar-refractivity contribution is -0.139. The predicted molar refractivity (Wildman–Crippen MR) is 95.7 cm³/mol. The topological polar surface area (TPSA) is 95.8 Å². The Morgan fingerprint density at radius 1 is 1.23 bits per heavy atom. The summed E-state index contributed by atoms with van der Waals surface area (Å²) in [4.78, 5) is 21.7. The molecule has 0 bridgehead atoms. The molecule has 1 aromatic heterocycles. The van der Waals surface area contributed by atoms with E-state index in [0.29, 0.717) is 18.1 Å². The van der Waals surface area contributed by atoms with Crippen LogP contribution in [-0.2, 0) is 11.3 Å². The Balaban J connectivity index is 1.84. The first-order valence-corrected chi connectivity index (χ1v) is 8.77. The zero-order valence-electron chi connectivity index (χ0n) is 14.5. The summed E-state index contributed by atoms with van der Waals surface area (Å²) in [5, 5.41) is 18.7. The van der Waals surface area contributed by atoms with Crippen LogP contribution in [0.2, 0.25) is 0 Å². The van der Waals surface area contributed by atoms with E-state index in [2.05, 4.69) is 14.9 Å². The molecule has 0 saturated carbocycles. The molecular weight excluding hydrogens is 334 g/mol. The zero-order chi connectivity index (χ0) is 18.4. The average Bonchev–Trinajstić information content (AvgIpc) is 2.85. The van der Waals surface area contributed by atoms with Crippen molar-refractivity contribution in [3.63, 3.8) is 0 Å². The summed E-state index contributed by atoms with van der Waals surface area (Å²) in [6.07, 6.45) is 5.63. The number of aliphatic hydroxyl groups excluding tert-OH is 1. The van der Waals surface area contributed by atoms with Crippen LogP contribution in [0.25, 0.3) is 11.4 Å². The van der Waals surface area contributed by atoms with Gasteiger partial charge >= 0.3 is 5.97 Å². The lowest BCUT2D eigenvalue weighted by Gasteiger charge is -2.22. The van der Waals surface area contributed by atoms with Crippen LogP contribution in [0, 0.1) is 0 Å². The molecule has 1 aromatic carbocycles. The van der Waals surface area contributed by atoms with Gasteiger partial charge in [0, 0.05) is 36.6 Å². The Kier molecular flexibility index (Phi) is 6.14. The van der Waals surface area contributed by atoms with Gasteiger partial charge in [0.25, 0.3) is 0 Å². The minimum Gasteiger partial charge on any atom is -0.482 e. The number of aromatic nitrogens is 2. The van der Waals surface area contributed by atoms with Crippen molar-refractivity contribution in [1.82, 2.24) is 14.9 Å². The minimum atomic E-state index is -1.01. The standard InChI is InChI=1S/C19H23N3O4/c23-16-3-1-9-22(10-6-16)12-15-11-14(19-20-7-2-8-21-19)4-5-17(15)26-13-18(24)25/h2,4-5,7-8,11,16,23H,1,3,6,9-10,12-13H2,(H,24,25)/t16-/m1/s1. The highest BCUT2D eigenvalue weighted by molar-refractivity contribution is 5.68. The molecule has 138 valence electrons. The summed E-state index contributed by atoms with van der Waals surface area (Å²) >= 11 is 0. The van der Waals surface area contributed by atoms with E-state index in [1.54, 1.807) is 24.5 Å². The van der Waals surface area contributed by atoms with E-state index in [9.17, 15) is 9.90 Å². The molecule has 1 atom stereocenters. The molecule has 26 heavy (non-hydrogen) atoms. The molecule has 1 fully saturated rings. The molecule has 7 heteroatoms. The number of benzene rings is 1. The Hall–Kier alpha value is -2.51. The molecule has 0 radical (unpaired) electrons. The summed E-state index contributed by atoms with van der Waals surface area (Å²) in [7, 11) is 0. The van der Waals surface area contributed by atoms with E-state index < -0.39 is 5.97 Å². The second-order valence-electron chi connectivity index (χ2n) is 6.44. The lowest BCUT2D eigenvalue weighted by atomic mass is 10.1. The van der Waals surface area contributed by atoms with Gasteiger partial charge < -0.3 is 14.9 Å². The van der Waals surface area contributed by atoms with Crippen molar-refractivity contribution in [3.8, 4) is 17.1 Å². The van der Waals surface area contributed by atoms with Crippen molar-refractivity contribution < 1.29 is 19.7 Å². The summed E-state index contributed by atoms with van der Waals surface area (Å²) in [6.45, 7) is 1.93. The number of hydrogen-bond donors (Lipinski definition) is 2. The third-order valence-corrected chi connectivity index (χ3v) is 4.42. The highest BCUT2D eigenvalue weighted by atomic mass is 16.5. The molecule has 7 nitrogen and oxygen atoms in total. The first-order valence-electron chi connectivity index (χ1n) is 8.77. The SMILES string of the molecule is O=C(O)COc1ccc(-c2ncccn2)cc1CN1CCC[C@@H](O)CC1. The van der Waals surface area contributed by atoms with E-state index in [1.807, 2.05) is 12.1 Å². The minimum absolute atomic E-state index is 0.244. The van der Waals surface area contributed by atoms with Gasteiger partial charge in [-0.1, -0.05) is 0 Å². The molecule has 2 heterocycles. The smallest absolute Gasteiger partial charge is 0.341 e. The van der Waals surface area contributed by atoms with Crippen molar-refractivity contribution in [2.75, 3.05) is 19.7 Å². The molecule has 3 rings (SSSR count). The molecule has 2 N–H and O–H groups in total. The Morgan fingerprint density at radius 3 is 2.81 bits per heavy atom. The van der Waals surface area contributed by atoms with Crippen molar-refractivity contribution in [2.24, 2.45) is 0 Å². The van der Waals surface area contributed by atoms with Crippen LogP contribution in [0.1, 0.15) is 24.8 Å². The summed E-state index contributed by atoms with van der Waals surface area (Å²) in [6, 6.07) is 7.32. The molecule has 0 spiro atoms. The van der Waals surface area contributed by atoms with Crippen LogP contribution in [0.5, 0.6) is 5.75 Å². The van der Waals surface area contributed by atoms with Gasteiger partial charge in [0.15, 0.2) is 12.4 Å². The number of aliphatic hydroxyl groups is 1. The first-order chi connectivity index (χ1) is 12.6. The fourth-order valence-corrected chi connectivity index (χ4v) is 3.11. The van der Waals surface area contributed by atoms with Crippen molar-refractivity contribution >= 4 is 5.97 Å². The monoisotopic (exact) mass is 357 g/mol. The first kappa shape index (κ1) is 18.3. The van der Waals surface area contributed by atoms with E-state index in [-0.39, 0.29) is 12.7 Å². The second-order valence-corrected chi connectivity index (χ2v) is 6.44. The zero-order valence-corrected chi connectivity index (χ0v) is 14.5. The predicted octanol–water partition coefficient (Wildman–Crippen LogP) is 1.95.